The lowest BCUT2D eigenvalue weighted by atomic mass is 9.97. The molecule has 0 saturated carbocycles. The number of ether oxygens (including phenoxy) is 1. The van der Waals surface area contributed by atoms with Gasteiger partial charge in [0.25, 0.3) is 0 Å². The van der Waals surface area contributed by atoms with Gasteiger partial charge in [-0.2, -0.15) is 0 Å². The molecular formula is C12H16F2O2. The van der Waals surface area contributed by atoms with Crippen LogP contribution in [0.2, 0.25) is 0 Å². The predicted molar refractivity (Wildman–Crippen MR) is 57.0 cm³/mol. The van der Waals surface area contributed by atoms with Crippen LogP contribution < -0.4 is 0 Å². The molecule has 90 valence electrons. The first-order chi connectivity index (χ1) is 7.45. The average Bonchev–Trinajstić information content (AvgIpc) is 2.16. The number of hydrogen-bond acceptors (Lipinski definition) is 2. The van der Waals surface area contributed by atoms with E-state index in [9.17, 15) is 13.9 Å². The zero-order valence-corrected chi connectivity index (χ0v) is 9.46. The Morgan fingerprint density at radius 1 is 1.25 bits per heavy atom. The standard InChI is InChI=1S/C12H16F2O2/c1-3-4-16-8-12(2,15)9-5-10(13)7-11(14)6-9/h5-7,15H,3-4,8H2,1-2H3. The van der Waals surface area contributed by atoms with Gasteiger partial charge in [0, 0.05) is 12.7 Å². The predicted octanol–water partition coefficient (Wildman–Crippen LogP) is 2.60. The number of aliphatic hydroxyl groups is 1. The monoisotopic (exact) mass is 230 g/mol. The van der Waals surface area contributed by atoms with E-state index in [2.05, 4.69) is 0 Å². The van der Waals surface area contributed by atoms with Crippen molar-refractivity contribution in [3.8, 4) is 0 Å². The first kappa shape index (κ1) is 13.1. The number of benzene rings is 1. The van der Waals surface area contributed by atoms with Crippen LogP contribution in [0, 0.1) is 11.6 Å². The lowest BCUT2D eigenvalue weighted by Gasteiger charge is -2.23. The smallest absolute Gasteiger partial charge is 0.126 e. The molecule has 0 amide bonds. The number of halogens is 2. The average molecular weight is 230 g/mol. The molecule has 1 N–H and O–H groups in total. The second kappa shape index (κ2) is 5.37. The van der Waals surface area contributed by atoms with Crippen molar-refractivity contribution in [2.75, 3.05) is 13.2 Å². The van der Waals surface area contributed by atoms with E-state index in [-0.39, 0.29) is 12.2 Å². The maximum Gasteiger partial charge on any atom is 0.126 e. The summed E-state index contributed by atoms with van der Waals surface area (Å²) in [5.41, 5.74) is -1.20. The van der Waals surface area contributed by atoms with Gasteiger partial charge in [0.1, 0.15) is 17.2 Å². The van der Waals surface area contributed by atoms with Crippen LogP contribution in [-0.2, 0) is 10.3 Å². The number of rotatable bonds is 5. The van der Waals surface area contributed by atoms with Gasteiger partial charge in [-0.15, -0.1) is 0 Å². The highest BCUT2D eigenvalue weighted by Crippen LogP contribution is 2.22. The van der Waals surface area contributed by atoms with Gasteiger partial charge in [0.2, 0.25) is 0 Å². The minimum Gasteiger partial charge on any atom is -0.383 e. The van der Waals surface area contributed by atoms with Crippen molar-refractivity contribution in [3.05, 3.63) is 35.4 Å². The summed E-state index contributed by atoms with van der Waals surface area (Å²) >= 11 is 0. The van der Waals surface area contributed by atoms with E-state index in [1.165, 1.54) is 6.92 Å². The highest BCUT2D eigenvalue weighted by atomic mass is 19.1. The van der Waals surface area contributed by atoms with E-state index in [4.69, 9.17) is 4.74 Å². The van der Waals surface area contributed by atoms with Gasteiger partial charge in [-0.25, -0.2) is 8.78 Å². The molecule has 4 heteroatoms. The van der Waals surface area contributed by atoms with Crippen molar-refractivity contribution < 1.29 is 18.6 Å². The van der Waals surface area contributed by atoms with Gasteiger partial charge in [0.15, 0.2) is 0 Å². The molecule has 0 bridgehead atoms. The van der Waals surface area contributed by atoms with Crippen molar-refractivity contribution in [1.29, 1.82) is 0 Å². The zero-order chi connectivity index (χ0) is 12.2. The van der Waals surface area contributed by atoms with Gasteiger partial charge in [0.05, 0.1) is 6.61 Å². The molecule has 0 aromatic heterocycles. The maximum absolute atomic E-state index is 13.0. The van der Waals surface area contributed by atoms with Crippen LogP contribution in [0.3, 0.4) is 0 Å². The maximum atomic E-state index is 13.0. The van der Waals surface area contributed by atoms with Gasteiger partial charge < -0.3 is 9.84 Å². The van der Waals surface area contributed by atoms with Crippen molar-refractivity contribution in [3.63, 3.8) is 0 Å². The topological polar surface area (TPSA) is 29.5 Å². The molecule has 1 rings (SSSR count). The molecule has 1 unspecified atom stereocenters. The van der Waals surface area contributed by atoms with Gasteiger partial charge in [-0.3, -0.25) is 0 Å². The fourth-order valence-electron chi connectivity index (χ4n) is 1.36. The molecule has 2 nitrogen and oxygen atoms in total. The van der Waals surface area contributed by atoms with E-state index in [0.29, 0.717) is 6.61 Å². The zero-order valence-electron chi connectivity index (χ0n) is 9.46. The Hall–Kier alpha value is -1.00. The fraction of sp³-hybridized carbons (Fsp3) is 0.500. The first-order valence-electron chi connectivity index (χ1n) is 5.22. The summed E-state index contributed by atoms with van der Waals surface area (Å²) in [4.78, 5) is 0. The Bertz CT molecular complexity index is 331. The minimum atomic E-state index is -1.38. The van der Waals surface area contributed by atoms with E-state index in [0.717, 1.165) is 24.6 Å². The summed E-state index contributed by atoms with van der Waals surface area (Å²) in [6.45, 7) is 3.94. The lowest BCUT2D eigenvalue weighted by Crippen LogP contribution is -2.28. The Morgan fingerprint density at radius 3 is 2.31 bits per heavy atom. The summed E-state index contributed by atoms with van der Waals surface area (Å²) in [6.07, 6.45) is 0.827. The second-order valence-corrected chi connectivity index (χ2v) is 3.98. The van der Waals surface area contributed by atoms with Crippen LogP contribution in [0.5, 0.6) is 0 Å². The first-order valence-corrected chi connectivity index (χ1v) is 5.22. The van der Waals surface area contributed by atoms with Crippen LogP contribution in [0.25, 0.3) is 0 Å². The Morgan fingerprint density at radius 2 is 1.81 bits per heavy atom. The third-order valence-corrected chi connectivity index (χ3v) is 2.22. The van der Waals surface area contributed by atoms with Gasteiger partial charge >= 0.3 is 0 Å². The molecule has 0 spiro atoms. The van der Waals surface area contributed by atoms with E-state index >= 15 is 0 Å². The van der Waals surface area contributed by atoms with Crippen LogP contribution in [-0.4, -0.2) is 18.3 Å². The van der Waals surface area contributed by atoms with Crippen molar-refractivity contribution in [2.45, 2.75) is 25.9 Å². The summed E-state index contributed by atoms with van der Waals surface area (Å²) in [7, 11) is 0. The lowest BCUT2D eigenvalue weighted by molar-refractivity contribution is -0.0378. The summed E-state index contributed by atoms with van der Waals surface area (Å²) < 4.78 is 31.1. The normalized spacial score (nSPS) is 14.8. The van der Waals surface area contributed by atoms with E-state index in [1.807, 2.05) is 6.92 Å². The van der Waals surface area contributed by atoms with Crippen molar-refractivity contribution >= 4 is 0 Å². The van der Waals surface area contributed by atoms with Crippen molar-refractivity contribution in [1.82, 2.24) is 0 Å². The minimum absolute atomic E-state index is 0.0176. The van der Waals surface area contributed by atoms with E-state index in [1.54, 1.807) is 0 Å². The highest BCUT2D eigenvalue weighted by Gasteiger charge is 2.24. The quantitative estimate of drug-likeness (QED) is 0.788. The molecule has 1 aromatic carbocycles. The number of hydrogen-bond donors (Lipinski definition) is 1. The molecule has 16 heavy (non-hydrogen) atoms. The van der Waals surface area contributed by atoms with Gasteiger partial charge in [-0.1, -0.05) is 6.92 Å². The molecule has 1 aromatic rings. The summed E-state index contributed by atoms with van der Waals surface area (Å²) in [6, 6.07) is 2.99. The third-order valence-electron chi connectivity index (χ3n) is 2.22. The molecule has 0 aliphatic heterocycles. The third kappa shape index (κ3) is 3.54. The summed E-state index contributed by atoms with van der Waals surface area (Å²) in [5.74, 6) is -1.41. The molecule has 0 saturated heterocycles. The highest BCUT2D eigenvalue weighted by molar-refractivity contribution is 5.23. The molecule has 0 heterocycles. The molecule has 0 fully saturated rings. The summed E-state index contributed by atoms with van der Waals surface area (Å²) in [5, 5.41) is 10.0. The van der Waals surface area contributed by atoms with Crippen LogP contribution in [0.4, 0.5) is 8.78 Å². The molecule has 0 radical (unpaired) electrons. The molecule has 1 atom stereocenters. The molecule has 0 aliphatic carbocycles. The second-order valence-electron chi connectivity index (χ2n) is 3.98. The molecular weight excluding hydrogens is 214 g/mol. The Balaban J connectivity index is 2.80. The Labute approximate surface area is 93.9 Å². The largest absolute Gasteiger partial charge is 0.383 e. The van der Waals surface area contributed by atoms with E-state index < -0.39 is 17.2 Å². The van der Waals surface area contributed by atoms with Gasteiger partial charge in [-0.05, 0) is 31.0 Å². The van der Waals surface area contributed by atoms with Crippen LogP contribution in [0.1, 0.15) is 25.8 Å². The molecule has 0 aliphatic rings. The SMILES string of the molecule is CCCOCC(C)(O)c1cc(F)cc(F)c1. The van der Waals surface area contributed by atoms with Crippen LogP contribution in [0.15, 0.2) is 18.2 Å². The van der Waals surface area contributed by atoms with Crippen LogP contribution >= 0.6 is 0 Å². The Kier molecular flexibility index (Phi) is 4.38. The fourth-order valence-corrected chi connectivity index (χ4v) is 1.36. The van der Waals surface area contributed by atoms with Crippen molar-refractivity contribution in [2.24, 2.45) is 0 Å².